The number of halogens is 3. The number of fused-ring (bicyclic) bond motifs is 2. The van der Waals surface area contributed by atoms with Gasteiger partial charge in [-0.15, -0.1) is 6.42 Å². The highest BCUT2D eigenvalue weighted by molar-refractivity contribution is 5.92. The molecule has 0 saturated carbocycles. The molecule has 3 aliphatic heterocycles. The molecular weight excluding hydrogens is 623 g/mol. The Morgan fingerprint density at radius 2 is 2.04 bits per heavy atom. The summed E-state index contributed by atoms with van der Waals surface area (Å²) in [6.07, 6.45) is 10.2. The Labute approximate surface area is 278 Å². The highest BCUT2D eigenvalue weighted by Gasteiger charge is 2.41. The van der Waals surface area contributed by atoms with Crippen molar-refractivity contribution in [3.05, 3.63) is 53.7 Å². The summed E-state index contributed by atoms with van der Waals surface area (Å²) < 4.78 is 52.3. The van der Waals surface area contributed by atoms with E-state index in [0.29, 0.717) is 29.9 Å². The number of alkyl halides is 1. The number of aliphatic hydroxyl groups is 1. The number of anilines is 3. The number of ether oxygens (including phenoxy) is 1. The number of rotatable bonds is 7. The average Bonchev–Trinajstić information content (AvgIpc) is 3.17. The number of likely N-dealkylation sites (N-methyl/N-ethyl adjacent to an activating group) is 1. The maximum Gasteiger partial charge on any atom is 0.319 e. The molecule has 0 aliphatic carbocycles. The third-order valence-corrected chi connectivity index (χ3v) is 9.65. The second kappa shape index (κ2) is 12.9. The van der Waals surface area contributed by atoms with Gasteiger partial charge in [-0.3, -0.25) is 9.69 Å². The molecule has 5 heterocycles. The molecule has 6 rings (SSSR count). The van der Waals surface area contributed by atoms with Gasteiger partial charge in [0.15, 0.2) is 11.6 Å². The van der Waals surface area contributed by atoms with Gasteiger partial charge in [-0.25, -0.2) is 18.2 Å². The van der Waals surface area contributed by atoms with Crippen molar-refractivity contribution in [3.8, 4) is 18.4 Å². The Hall–Kier alpha value is -4.41. The molecule has 0 radical (unpaired) electrons. The molecule has 2 fully saturated rings. The number of likely N-dealkylation sites (tertiary alicyclic amines) is 1. The van der Waals surface area contributed by atoms with Crippen LogP contribution in [-0.4, -0.2) is 94.1 Å². The summed E-state index contributed by atoms with van der Waals surface area (Å²) in [5, 5.41) is 14.4. The van der Waals surface area contributed by atoms with E-state index < -0.39 is 28.9 Å². The topological polar surface area (TPSA) is 107 Å². The summed E-state index contributed by atoms with van der Waals surface area (Å²) in [6, 6.07) is 2.44. The number of β-amino-alcohol motifs (C(OH)–C–C–N with tert-alkyl or cyclic N) is 1. The first kappa shape index (κ1) is 33.5. The van der Waals surface area contributed by atoms with Crippen LogP contribution in [0.4, 0.5) is 30.5 Å². The first-order chi connectivity index (χ1) is 22.8. The van der Waals surface area contributed by atoms with Crippen molar-refractivity contribution in [2.75, 3.05) is 49.6 Å². The number of hydrogen-bond donors (Lipinski definition) is 2. The van der Waals surface area contributed by atoms with E-state index in [1.165, 1.54) is 29.3 Å². The van der Waals surface area contributed by atoms with Crippen LogP contribution in [0.2, 0.25) is 0 Å². The summed E-state index contributed by atoms with van der Waals surface area (Å²) in [5.41, 5.74) is -1.30. The molecule has 10 nitrogen and oxygen atoms in total. The number of nitrogens with zero attached hydrogens (tertiary/aromatic N) is 6. The third-order valence-electron chi connectivity index (χ3n) is 9.65. The van der Waals surface area contributed by atoms with Crippen LogP contribution < -0.4 is 19.9 Å². The molecule has 2 aromatic heterocycles. The van der Waals surface area contributed by atoms with Crippen molar-refractivity contribution in [2.45, 2.75) is 69.3 Å². The zero-order valence-corrected chi connectivity index (χ0v) is 27.4. The van der Waals surface area contributed by atoms with E-state index in [2.05, 4.69) is 27.8 Å². The Bertz CT molecular complexity index is 1800. The smallest absolute Gasteiger partial charge is 0.319 e. The van der Waals surface area contributed by atoms with Gasteiger partial charge in [0.1, 0.15) is 29.9 Å². The summed E-state index contributed by atoms with van der Waals surface area (Å²) in [6.45, 7) is 8.20. The largest absolute Gasteiger partial charge is 0.461 e. The molecule has 4 atom stereocenters. The van der Waals surface area contributed by atoms with Crippen LogP contribution in [0.5, 0.6) is 6.01 Å². The number of benzene rings is 1. The molecule has 1 unspecified atom stereocenters. The van der Waals surface area contributed by atoms with Crippen LogP contribution in [0, 0.1) is 24.0 Å². The Morgan fingerprint density at radius 3 is 2.75 bits per heavy atom. The second-order valence-electron chi connectivity index (χ2n) is 13.6. The van der Waals surface area contributed by atoms with E-state index in [0.717, 1.165) is 19.3 Å². The number of nitrogens with one attached hydrogen (secondary N) is 1. The van der Waals surface area contributed by atoms with E-state index in [1.54, 1.807) is 6.92 Å². The quantitative estimate of drug-likeness (QED) is 0.284. The molecule has 254 valence electrons. The highest BCUT2D eigenvalue weighted by atomic mass is 19.1. The molecule has 1 aromatic carbocycles. The predicted octanol–water partition coefficient (Wildman–Crippen LogP) is 4.20. The summed E-state index contributed by atoms with van der Waals surface area (Å²) >= 11 is 0. The molecule has 1 amide bonds. The summed E-state index contributed by atoms with van der Waals surface area (Å²) in [4.78, 5) is 31.1. The zero-order chi connectivity index (χ0) is 34.4. The number of pyridine rings is 1. The number of terminal acetylenes is 1. The van der Waals surface area contributed by atoms with Crippen LogP contribution in [0.15, 0.2) is 31.0 Å². The van der Waals surface area contributed by atoms with Crippen molar-refractivity contribution < 1.29 is 27.8 Å². The van der Waals surface area contributed by atoms with Crippen LogP contribution in [0.1, 0.15) is 50.7 Å². The molecule has 0 spiro atoms. The molecule has 2 N–H and O–H groups in total. The number of hydrogen-bond acceptors (Lipinski definition) is 9. The lowest BCUT2D eigenvalue weighted by atomic mass is 9.88. The van der Waals surface area contributed by atoms with Crippen molar-refractivity contribution in [1.29, 1.82) is 0 Å². The third kappa shape index (κ3) is 6.39. The lowest BCUT2D eigenvalue weighted by Gasteiger charge is -2.39. The SMILES string of the molecule is C#Cc1c(F)ccc2c1N(c1ncc3c(N4CCCCC(NC(=O)C=C)C4)nc(OC[C@]4(C)C[C@@H](F)CN4C)nc3c1F)C[C@@](C)(O)C2. The average molecular weight is 664 g/mol. The van der Waals surface area contributed by atoms with Gasteiger partial charge in [0, 0.05) is 44.7 Å². The molecule has 3 aliphatic rings. The fourth-order valence-electron chi connectivity index (χ4n) is 7.09. The first-order valence-corrected chi connectivity index (χ1v) is 16.1. The van der Waals surface area contributed by atoms with E-state index >= 15 is 4.39 Å². The standard InChI is InChI=1S/C35H40F3N7O3/c1-6-24-26(37)12-11-21-14-35(4,47)19-45(30(21)24)32-28(38)29-25(16-39-32)31(44-13-9-8-10-23(18-44)40-27(46)7-2)42-33(41-29)48-20-34(3)15-22(36)17-43(34)5/h1,7,11-12,16,22-23,47H,2,8-10,13-15,17-20H2,3-5H3,(H,40,46)/t22-,23?,34+,35+/m1/s1. The fraction of sp³-hybridized carbons (Fsp3) is 0.486. The zero-order valence-electron chi connectivity index (χ0n) is 27.4. The van der Waals surface area contributed by atoms with Crippen LogP contribution >= 0.6 is 0 Å². The minimum atomic E-state index is -1.31. The van der Waals surface area contributed by atoms with Crippen molar-refractivity contribution in [2.24, 2.45) is 0 Å². The van der Waals surface area contributed by atoms with Crippen LogP contribution in [0.3, 0.4) is 0 Å². The van der Waals surface area contributed by atoms with Crippen LogP contribution in [0.25, 0.3) is 10.9 Å². The highest BCUT2D eigenvalue weighted by Crippen LogP contribution is 2.42. The Kier molecular flexibility index (Phi) is 9.00. The lowest BCUT2D eigenvalue weighted by molar-refractivity contribution is -0.117. The molecule has 2 saturated heterocycles. The van der Waals surface area contributed by atoms with Crippen molar-refractivity contribution in [3.63, 3.8) is 0 Å². The van der Waals surface area contributed by atoms with Gasteiger partial charge in [0.25, 0.3) is 0 Å². The summed E-state index contributed by atoms with van der Waals surface area (Å²) in [7, 11) is 1.82. The fourth-order valence-corrected chi connectivity index (χ4v) is 7.09. The Balaban J connectivity index is 1.48. The molecule has 0 bridgehead atoms. The number of carbonyl (C=O) groups excluding carboxylic acids is 1. The maximum absolute atomic E-state index is 16.9. The van der Waals surface area contributed by atoms with Gasteiger partial charge in [0.2, 0.25) is 5.91 Å². The van der Waals surface area contributed by atoms with Crippen molar-refractivity contribution in [1.82, 2.24) is 25.2 Å². The van der Waals surface area contributed by atoms with Gasteiger partial charge < -0.3 is 25.0 Å². The van der Waals surface area contributed by atoms with E-state index in [1.807, 2.05) is 23.8 Å². The maximum atomic E-state index is 16.9. The van der Waals surface area contributed by atoms with E-state index in [-0.39, 0.29) is 73.1 Å². The molecular formula is C35H40F3N7O3. The molecule has 48 heavy (non-hydrogen) atoms. The number of amides is 1. The normalized spacial score (nSPS) is 26.1. The first-order valence-electron chi connectivity index (χ1n) is 16.1. The van der Waals surface area contributed by atoms with Gasteiger partial charge in [0.05, 0.1) is 34.3 Å². The van der Waals surface area contributed by atoms with Gasteiger partial charge in [-0.05, 0) is 57.9 Å². The summed E-state index contributed by atoms with van der Waals surface area (Å²) in [5.74, 6) is 0.767. The van der Waals surface area contributed by atoms with Crippen molar-refractivity contribution >= 4 is 34.1 Å². The predicted molar refractivity (Wildman–Crippen MR) is 177 cm³/mol. The lowest BCUT2D eigenvalue weighted by Crippen LogP contribution is -2.45. The molecule has 13 heteroatoms. The minimum absolute atomic E-state index is 0.0552. The van der Waals surface area contributed by atoms with Gasteiger partial charge >= 0.3 is 6.01 Å². The number of carbonyl (C=O) groups is 1. The monoisotopic (exact) mass is 663 g/mol. The van der Waals surface area contributed by atoms with E-state index in [4.69, 9.17) is 16.1 Å². The van der Waals surface area contributed by atoms with Crippen LogP contribution in [-0.2, 0) is 11.2 Å². The van der Waals surface area contributed by atoms with Gasteiger partial charge in [-0.2, -0.15) is 9.97 Å². The van der Waals surface area contributed by atoms with Gasteiger partial charge in [-0.1, -0.05) is 18.6 Å². The number of aromatic nitrogens is 3. The molecule has 3 aromatic rings. The van der Waals surface area contributed by atoms with E-state index in [9.17, 15) is 18.7 Å². The Morgan fingerprint density at radius 1 is 1.25 bits per heavy atom. The second-order valence-corrected chi connectivity index (χ2v) is 13.6. The minimum Gasteiger partial charge on any atom is -0.461 e.